The molecule has 5 heteroatoms. The van der Waals surface area contributed by atoms with Gasteiger partial charge in [-0.2, -0.15) is 0 Å². The van der Waals surface area contributed by atoms with Crippen molar-refractivity contribution in [3.05, 3.63) is 35.4 Å². The highest BCUT2D eigenvalue weighted by Gasteiger charge is 2.25. The number of rotatable bonds is 6. The fourth-order valence-electron chi connectivity index (χ4n) is 3.19. The first-order chi connectivity index (χ1) is 10.0. The standard InChI is InChI=1S/C16H25F2N3/c1-3-21-9-5-6-12(21)10-20(2)11-15(19)13-7-4-8-14(17)16(13)18/h4,7-8,12,15H,3,5-6,9-11,19H2,1-2H3. The fraction of sp³-hybridized carbons (Fsp3) is 0.625. The molecule has 0 amide bonds. The predicted molar refractivity (Wildman–Crippen MR) is 81.1 cm³/mol. The van der Waals surface area contributed by atoms with Gasteiger partial charge in [-0.25, -0.2) is 8.78 Å². The molecule has 2 atom stereocenters. The van der Waals surface area contributed by atoms with Gasteiger partial charge >= 0.3 is 0 Å². The second-order valence-corrected chi connectivity index (χ2v) is 5.90. The average molecular weight is 297 g/mol. The molecule has 0 spiro atoms. The van der Waals surface area contributed by atoms with Crippen LogP contribution in [0, 0.1) is 11.6 Å². The van der Waals surface area contributed by atoms with Crippen molar-refractivity contribution in [2.75, 3.05) is 33.2 Å². The van der Waals surface area contributed by atoms with E-state index >= 15 is 0 Å². The lowest BCUT2D eigenvalue weighted by Crippen LogP contribution is -2.41. The van der Waals surface area contributed by atoms with Gasteiger partial charge < -0.3 is 10.6 Å². The van der Waals surface area contributed by atoms with E-state index in [0.29, 0.717) is 12.6 Å². The minimum Gasteiger partial charge on any atom is -0.323 e. The normalized spacial score (nSPS) is 21.1. The molecule has 0 aromatic heterocycles. The summed E-state index contributed by atoms with van der Waals surface area (Å²) in [6.45, 7) is 5.82. The number of hydrogen-bond acceptors (Lipinski definition) is 3. The van der Waals surface area contributed by atoms with Crippen molar-refractivity contribution in [3.63, 3.8) is 0 Å². The van der Waals surface area contributed by atoms with Crippen LogP contribution in [-0.4, -0.2) is 49.1 Å². The summed E-state index contributed by atoms with van der Waals surface area (Å²) in [5.41, 5.74) is 6.30. The van der Waals surface area contributed by atoms with Gasteiger partial charge in [0.05, 0.1) is 0 Å². The number of likely N-dealkylation sites (tertiary alicyclic amines) is 1. The highest BCUT2D eigenvalue weighted by atomic mass is 19.2. The predicted octanol–water partition coefficient (Wildman–Crippen LogP) is 2.38. The van der Waals surface area contributed by atoms with Crippen LogP contribution in [0.3, 0.4) is 0 Å². The SMILES string of the molecule is CCN1CCCC1CN(C)CC(N)c1cccc(F)c1F. The molecular weight excluding hydrogens is 272 g/mol. The number of nitrogens with two attached hydrogens (primary N) is 1. The number of halogens is 2. The summed E-state index contributed by atoms with van der Waals surface area (Å²) in [7, 11) is 1.99. The first-order valence-corrected chi connectivity index (χ1v) is 7.65. The lowest BCUT2D eigenvalue weighted by Gasteiger charge is -2.29. The number of likely N-dealkylation sites (N-methyl/N-ethyl adjacent to an activating group) is 2. The second kappa shape index (κ2) is 7.29. The number of hydrogen-bond donors (Lipinski definition) is 1. The highest BCUT2D eigenvalue weighted by Crippen LogP contribution is 2.20. The summed E-state index contributed by atoms with van der Waals surface area (Å²) in [6, 6.07) is 4.22. The molecule has 0 aliphatic carbocycles. The van der Waals surface area contributed by atoms with E-state index in [1.54, 1.807) is 6.07 Å². The van der Waals surface area contributed by atoms with Crippen LogP contribution in [0.5, 0.6) is 0 Å². The fourth-order valence-corrected chi connectivity index (χ4v) is 3.19. The molecule has 1 aliphatic rings. The highest BCUT2D eigenvalue weighted by molar-refractivity contribution is 5.22. The number of nitrogens with zero attached hydrogens (tertiary/aromatic N) is 2. The van der Waals surface area contributed by atoms with Gasteiger partial charge in [-0.05, 0) is 39.0 Å². The molecule has 2 rings (SSSR count). The largest absolute Gasteiger partial charge is 0.323 e. The van der Waals surface area contributed by atoms with E-state index < -0.39 is 17.7 Å². The molecule has 1 aliphatic heterocycles. The van der Waals surface area contributed by atoms with E-state index in [-0.39, 0.29) is 5.56 Å². The first-order valence-electron chi connectivity index (χ1n) is 7.65. The molecule has 0 radical (unpaired) electrons. The molecule has 2 unspecified atom stereocenters. The Kier molecular flexibility index (Phi) is 5.67. The Labute approximate surface area is 125 Å². The van der Waals surface area contributed by atoms with Crippen molar-refractivity contribution < 1.29 is 8.78 Å². The molecular formula is C16H25F2N3. The van der Waals surface area contributed by atoms with E-state index in [2.05, 4.69) is 16.7 Å². The smallest absolute Gasteiger partial charge is 0.163 e. The molecule has 118 valence electrons. The van der Waals surface area contributed by atoms with Crippen LogP contribution < -0.4 is 5.73 Å². The summed E-state index contributed by atoms with van der Waals surface area (Å²) in [4.78, 5) is 4.58. The molecule has 0 bridgehead atoms. The van der Waals surface area contributed by atoms with Gasteiger partial charge in [0.1, 0.15) is 0 Å². The molecule has 1 aromatic rings. The molecule has 1 aromatic carbocycles. The maximum absolute atomic E-state index is 13.7. The Morgan fingerprint density at radius 1 is 1.43 bits per heavy atom. The third kappa shape index (κ3) is 3.99. The monoisotopic (exact) mass is 297 g/mol. The molecule has 2 N–H and O–H groups in total. The van der Waals surface area contributed by atoms with E-state index in [9.17, 15) is 8.78 Å². The minimum atomic E-state index is -0.835. The Morgan fingerprint density at radius 3 is 2.90 bits per heavy atom. The second-order valence-electron chi connectivity index (χ2n) is 5.90. The molecule has 0 saturated carbocycles. The van der Waals surface area contributed by atoms with Crippen LogP contribution in [0.2, 0.25) is 0 Å². The van der Waals surface area contributed by atoms with Crippen LogP contribution in [0.4, 0.5) is 8.78 Å². The maximum atomic E-state index is 13.7. The third-order valence-electron chi connectivity index (χ3n) is 4.32. The summed E-state index contributed by atoms with van der Waals surface area (Å²) in [5.74, 6) is -1.66. The van der Waals surface area contributed by atoms with Gasteiger partial charge in [0, 0.05) is 30.7 Å². The van der Waals surface area contributed by atoms with Crippen molar-refractivity contribution in [2.24, 2.45) is 5.73 Å². The van der Waals surface area contributed by atoms with Gasteiger partial charge in [-0.1, -0.05) is 19.1 Å². The van der Waals surface area contributed by atoms with Gasteiger partial charge in [-0.15, -0.1) is 0 Å². The van der Waals surface area contributed by atoms with Crippen molar-refractivity contribution >= 4 is 0 Å². The molecule has 3 nitrogen and oxygen atoms in total. The summed E-state index contributed by atoms with van der Waals surface area (Å²) >= 11 is 0. The first kappa shape index (κ1) is 16.3. The molecule has 1 saturated heterocycles. The summed E-state index contributed by atoms with van der Waals surface area (Å²) < 4.78 is 27.0. The van der Waals surface area contributed by atoms with Crippen LogP contribution in [0.1, 0.15) is 31.4 Å². The van der Waals surface area contributed by atoms with Crippen molar-refractivity contribution in [1.82, 2.24) is 9.80 Å². The third-order valence-corrected chi connectivity index (χ3v) is 4.32. The van der Waals surface area contributed by atoms with Gasteiger partial charge in [0.25, 0.3) is 0 Å². The summed E-state index contributed by atoms with van der Waals surface area (Å²) in [6.07, 6.45) is 2.43. The number of benzene rings is 1. The molecule has 1 fully saturated rings. The zero-order chi connectivity index (χ0) is 15.4. The van der Waals surface area contributed by atoms with E-state index in [4.69, 9.17) is 5.73 Å². The Morgan fingerprint density at radius 2 is 2.19 bits per heavy atom. The van der Waals surface area contributed by atoms with Crippen LogP contribution in [0.25, 0.3) is 0 Å². The van der Waals surface area contributed by atoms with Gasteiger partial charge in [0.2, 0.25) is 0 Å². The van der Waals surface area contributed by atoms with Crippen molar-refractivity contribution in [1.29, 1.82) is 0 Å². The van der Waals surface area contributed by atoms with E-state index in [1.807, 2.05) is 7.05 Å². The Balaban J connectivity index is 1.92. The lowest BCUT2D eigenvalue weighted by atomic mass is 10.1. The van der Waals surface area contributed by atoms with Gasteiger partial charge in [-0.3, -0.25) is 4.90 Å². The van der Waals surface area contributed by atoms with Crippen LogP contribution in [0.15, 0.2) is 18.2 Å². The van der Waals surface area contributed by atoms with Crippen LogP contribution in [-0.2, 0) is 0 Å². The molecule has 21 heavy (non-hydrogen) atoms. The van der Waals surface area contributed by atoms with Crippen molar-refractivity contribution in [3.8, 4) is 0 Å². The van der Waals surface area contributed by atoms with E-state index in [1.165, 1.54) is 18.9 Å². The van der Waals surface area contributed by atoms with Crippen LogP contribution >= 0.6 is 0 Å². The van der Waals surface area contributed by atoms with E-state index in [0.717, 1.165) is 25.7 Å². The molecule has 1 heterocycles. The topological polar surface area (TPSA) is 32.5 Å². The zero-order valence-corrected chi connectivity index (χ0v) is 12.9. The zero-order valence-electron chi connectivity index (χ0n) is 12.9. The van der Waals surface area contributed by atoms with Gasteiger partial charge in [0.15, 0.2) is 11.6 Å². The average Bonchev–Trinajstić information content (AvgIpc) is 2.88. The minimum absolute atomic E-state index is 0.251. The summed E-state index contributed by atoms with van der Waals surface area (Å²) in [5, 5.41) is 0. The van der Waals surface area contributed by atoms with Crippen molar-refractivity contribution in [2.45, 2.75) is 31.8 Å². The maximum Gasteiger partial charge on any atom is 0.163 e. The lowest BCUT2D eigenvalue weighted by molar-refractivity contribution is 0.192. The Bertz CT molecular complexity index is 467. The Hall–Kier alpha value is -1.04. The quantitative estimate of drug-likeness (QED) is 0.875.